The first-order valence-electron chi connectivity index (χ1n) is 26.0. The number of amides is 1. The average molecular weight is 866 g/mol. The lowest BCUT2D eigenvalue weighted by atomic mass is 9.99. The molecule has 1 aliphatic heterocycles. The molecule has 1 aliphatic rings. The second kappa shape index (κ2) is 42.6. The van der Waals surface area contributed by atoms with E-state index in [1.54, 1.807) is 0 Å². The maximum absolute atomic E-state index is 13.0. The highest BCUT2D eigenvalue weighted by Gasteiger charge is 2.44. The van der Waals surface area contributed by atoms with Crippen LogP contribution in [-0.2, 0) is 14.3 Å². The third-order valence-corrected chi connectivity index (χ3v) is 12.6. The molecule has 0 bridgehead atoms. The Balaban J connectivity index is 2.26. The van der Waals surface area contributed by atoms with Crippen molar-refractivity contribution < 1.29 is 39.8 Å². The summed E-state index contributed by atoms with van der Waals surface area (Å²) in [5, 5.41) is 54.5. The van der Waals surface area contributed by atoms with E-state index in [-0.39, 0.29) is 12.5 Å². The van der Waals surface area contributed by atoms with Crippen molar-refractivity contribution in [2.75, 3.05) is 13.2 Å². The van der Waals surface area contributed by atoms with E-state index in [1.807, 2.05) is 0 Å². The molecule has 1 rings (SSSR count). The van der Waals surface area contributed by atoms with Crippen LogP contribution in [0, 0.1) is 0 Å². The van der Waals surface area contributed by atoms with Gasteiger partial charge < -0.3 is 40.3 Å². The summed E-state index contributed by atoms with van der Waals surface area (Å²) in [6.07, 6.45) is 44.7. The van der Waals surface area contributed by atoms with Crippen LogP contribution < -0.4 is 5.32 Å². The molecule has 61 heavy (non-hydrogen) atoms. The van der Waals surface area contributed by atoms with Gasteiger partial charge in [0.25, 0.3) is 0 Å². The van der Waals surface area contributed by atoms with Crippen molar-refractivity contribution in [3.63, 3.8) is 0 Å². The summed E-state index contributed by atoms with van der Waals surface area (Å²) in [6, 6.07) is -0.721. The van der Waals surface area contributed by atoms with Crippen LogP contribution in [0.1, 0.15) is 245 Å². The van der Waals surface area contributed by atoms with Crippen molar-refractivity contribution in [3.8, 4) is 0 Å². The van der Waals surface area contributed by atoms with Gasteiger partial charge in [0.15, 0.2) is 6.29 Å². The lowest BCUT2D eigenvalue weighted by molar-refractivity contribution is -0.302. The zero-order valence-corrected chi connectivity index (χ0v) is 39.7. The lowest BCUT2D eigenvalue weighted by Gasteiger charge is -2.40. The molecule has 7 unspecified atom stereocenters. The Morgan fingerprint density at radius 3 is 1.41 bits per heavy atom. The normalized spacial score (nSPS) is 20.5. The first kappa shape index (κ1) is 57.7. The van der Waals surface area contributed by atoms with Crippen molar-refractivity contribution >= 4 is 5.91 Å². The van der Waals surface area contributed by atoms with Gasteiger partial charge >= 0.3 is 0 Å². The van der Waals surface area contributed by atoms with Crippen molar-refractivity contribution in [1.82, 2.24) is 5.32 Å². The Bertz CT molecular complexity index is 1010. The average Bonchev–Trinajstić information content (AvgIpc) is 3.26. The molecule has 1 saturated heterocycles. The molecule has 0 saturated carbocycles. The maximum Gasteiger partial charge on any atom is 0.220 e. The number of hydrogen-bond donors (Lipinski definition) is 6. The molecule has 0 radical (unpaired) electrons. The minimum atomic E-state index is -1.55. The number of carbonyl (C=O) groups excluding carboxylic acids is 1. The topological polar surface area (TPSA) is 149 Å². The highest BCUT2D eigenvalue weighted by atomic mass is 16.7. The number of nitrogens with one attached hydrogen (secondary N) is 1. The monoisotopic (exact) mass is 866 g/mol. The smallest absolute Gasteiger partial charge is 0.220 e. The molecular weight excluding hydrogens is 767 g/mol. The highest BCUT2D eigenvalue weighted by Crippen LogP contribution is 2.23. The van der Waals surface area contributed by atoms with Gasteiger partial charge in [0.2, 0.25) is 5.91 Å². The summed E-state index contributed by atoms with van der Waals surface area (Å²) in [5.41, 5.74) is 0. The van der Waals surface area contributed by atoms with Gasteiger partial charge in [0, 0.05) is 6.42 Å². The van der Waals surface area contributed by atoms with Gasteiger partial charge in [-0.3, -0.25) is 4.79 Å². The van der Waals surface area contributed by atoms with Crippen LogP contribution in [0.25, 0.3) is 0 Å². The standard InChI is InChI=1S/C52H99NO8/c1-3-5-7-9-11-13-15-17-19-20-21-22-23-24-25-26-28-30-32-34-36-38-40-42-48(56)53-45(44-60-52-51(59)50(58)49(57)47(43-54)61-52)46(55)41-39-37-35-33-31-29-27-18-16-14-12-10-8-6-4-2/h21-22,24-25,45-47,49-52,54-55,57-59H,3-20,23,26-44H2,1-2H3,(H,53,56)/b22-21-,25-24-. The van der Waals surface area contributed by atoms with Crippen LogP contribution >= 0.6 is 0 Å². The molecular formula is C52H99NO8. The highest BCUT2D eigenvalue weighted by molar-refractivity contribution is 5.76. The van der Waals surface area contributed by atoms with Gasteiger partial charge in [-0.1, -0.05) is 218 Å². The van der Waals surface area contributed by atoms with Crippen molar-refractivity contribution in [3.05, 3.63) is 24.3 Å². The minimum Gasteiger partial charge on any atom is -0.394 e. The van der Waals surface area contributed by atoms with E-state index in [2.05, 4.69) is 43.5 Å². The van der Waals surface area contributed by atoms with E-state index in [4.69, 9.17) is 9.47 Å². The summed E-state index contributed by atoms with van der Waals surface area (Å²) in [5.74, 6) is -0.150. The fourth-order valence-corrected chi connectivity index (χ4v) is 8.37. The molecule has 0 aliphatic carbocycles. The van der Waals surface area contributed by atoms with Crippen LogP contribution in [0.3, 0.4) is 0 Å². The summed E-state index contributed by atoms with van der Waals surface area (Å²) >= 11 is 0. The van der Waals surface area contributed by atoms with E-state index in [1.165, 1.54) is 167 Å². The Labute approximate surface area is 375 Å². The van der Waals surface area contributed by atoms with Gasteiger partial charge in [-0.05, 0) is 44.9 Å². The molecule has 0 aromatic heterocycles. The first-order valence-corrected chi connectivity index (χ1v) is 26.0. The number of unbranched alkanes of at least 4 members (excludes halogenated alkanes) is 30. The molecule has 9 nitrogen and oxygen atoms in total. The van der Waals surface area contributed by atoms with Crippen molar-refractivity contribution in [1.29, 1.82) is 0 Å². The molecule has 6 N–H and O–H groups in total. The number of ether oxygens (including phenoxy) is 2. The molecule has 7 atom stereocenters. The quantitative estimate of drug-likeness (QED) is 0.0262. The van der Waals surface area contributed by atoms with Crippen LogP contribution in [0.5, 0.6) is 0 Å². The second-order valence-corrected chi connectivity index (χ2v) is 18.3. The number of aliphatic hydroxyl groups is 5. The van der Waals surface area contributed by atoms with E-state index < -0.39 is 49.5 Å². The van der Waals surface area contributed by atoms with Crippen molar-refractivity contribution in [2.45, 2.75) is 288 Å². The van der Waals surface area contributed by atoms with Crippen LogP contribution in [0.15, 0.2) is 24.3 Å². The van der Waals surface area contributed by atoms with Gasteiger partial charge in [0.1, 0.15) is 24.4 Å². The number of carbonyl (C=O) groups is 1. The molecule has 360 valence electrons. The predicted octanol–water partition coefficient (Wildman–Crippen LogP) is 11.8. The Kier molecular flexibility index (Phi) is 40.3. The first-order chi connectivity index (χ1) is 29.8. The number of allylic oxidation sites excluding steroid dienone is 4. The van der Waals surface area contributed by atoms with Gasteiger partial charge in [-0.2, -0.15) is 0 Å². The van der Waals surface area contributed by atoms with Gasteiger partial charge in [-0.25, -0.2) is 0 Å². The van der Waals surface area contributed by atoms with Crippen LogP contribution in [0.4, 0.5) is 0 Å². The summed E-state index contributed by atoms with van der Waals surface area (Å²) in [4.78, 5) is 13.0. The van der Waals surface area contributed by atoms with Crippen LogP contribution in [0.2, 0.25) is 0 Å². The Morgan fingerprint density at radius 1 is 0.557 bits per heavy atom. The number of rotatable bonds is 44. The van der Waals surface area contributed by atoms with Gasteiger partial charge in [-0.15, -0.1) is 0 Å². The molecule has 1 amide bonds. The third-order valence-electron chi connectivity index (χ3n) is 12.6. The summed E-state index contributed by atoms with van der Waals surface area (Å²) < 4.78 is 11.3. The van der Waals surface area contributed by atoms with E-state index >= 15 is 0 Å². The van der Waals surface area contributed by atoms with E-state index in [0.29, 0.717) is 12.8 Å². The van der Waals surface area contributed by atoms with Gasteiger partial charge in [0.05, 0.1) is 25.4 Å². The Hall–Kier alpha value is -1.33. The molecule has 1 heterocycles. The molecule has 0 aromatic rings. The lowest BCUT2D eigenvalue weighted by Crippen LogP contribution is -2.60. The van der Waals surface area contributed by atoms with E-state index in [0.717, 1.165) is 51.4 Å². The SMILES string of the molecule is CCCCCCCCCCC/C=C\C/C=C\CCCCCCCCCC(=O)NC(COC1OC(CO)C(O)C(O)C1O)C(O)CCCCCCCCCCCCCCCCC. The zero-order valence-electron chi connectivity index (χ0n) is 39.7. The van der Waals surface area contributed by atoms with Crippen molar-refractivity contribution in [2.24, 2.45) is 0 Å². The molecule has 1 fully saturated rings. The number of aliphatic hydroxyl groups excluding tert-OH is 5. The zero-order chi connectivity index (χ0) is 44.4. The maximum atomic E-state index is 13.0. The summed E-state index contributed by atoms with van der Waals surface area (Å²) in [6.45, 7) is 3.85. The number of hydrogen-bond acceptors (Lipinski definition) is 8. The molecule has 9 heteroatoms. The molecule has 0 aromatic carbocycles. The largest absolute Gasteiger partial charge is 0.394 e. The third kappa shape index (κ3) is 32.9. The molecule has 0 spiro atoms. The second-order valence-electron chi connectivity index (χ2n) is 18.3. The fourth-order valence-electron chi connectivity index (χ4n) is 8.37. The van der Waals surface area contributed by atoms with E-state index in [9.17, 15) is 30.3 Å². The van der Waals surface area contributed by atoms with Crippen LogP contribution in [-0.4, -0.2) is 87.5 Å². The predicted molar refractivity (Wildman–Crippen MR) is 253 cm³/mol. The fraction of sp³-hybridized carbons (Fsp3) is 0.904. The summed E-state index contributed by atoms with van der Waals surface area (Å²) in [7, 11) is 0. The minimum absolute atomic E-state index is 0.139. The Morgan fingerprint density at radius 2 is 0.967 bits per heavy atom.